The number of rotatable bonds is 7. The van der Waals surface area contributed by atoms with E-state index < -0.39 is 0 Å². The van der Waals surface area contributed by atoms with Gasteiger partial charge in [0.05, 0.1) is 16.6 Å². The average Bonchev–Trinajstić information content (AvgIpc) is 3.06. The molecule has 0 saturated heterocycles. The first kappa shape index (κ1) is 26.0. The van der Waals surface area contributed by atoms with E-state index in [9.17, 15) is 4.79 Å². The van der Waals surface area contributed by atoms with E-state index >= 15 is 0 Å². The van der Waals surface area contributed by atoms with E-state index in [4.69, 9.17) is 21.1 Å². The number of aliphatic imine (C=N–C) groups is 1. The molecule has 1 aliphatic rings. The van der Waals surface area contributed by atoms with Gasteiger partial charge in [0.15, 0.2) is 5.76 Å². The second kappa shape index (κ2) is 11.2. The first-order valence-electron chi connectivity index (χ1n) is 11.9. The highest BCUT2D eigenvalue weighted by Gasteiger charge is 2.25. The maximum absolute atomic E-state index is 12.6. The van der Waals surface area contributed by atoms with Crippen LogP contribution in [0.1, 0.15) is 75.4 Å². The van der Waals surface area contributed by atoms with Crippen molar-refractivity contribution < 1.29 is 14.3 Å². The number of ether oxygens (including phenoxy) is 2. The summed E-state index contributed by atoms with van der Waals surface area (Å²) in [6, 6.07) is 8.31. The summed E-state index contributed by atoms with van der Waals surface area (Å²) in [6.07, 6.45) is 6.81. The standard InChI is InChI=1S/C27H36ClN3O3/c1-18-23(28)24(31(6)30-18)25(33-17-34-26(32)20-10-8-7-9-11-20)22(16-29-5)19-12-14-21(15-13-19)27(2,3)4/h12-16,20H,7-11,17H2,1-6H3/b25-22-,29-16-. The Kier molecular flexibility index (Phi) is 8.58. The van der Waals surface area contributed by atoms with Gasteiger partial charge in [0, 0.05) is 25.9 Å². The fourth-order valence-corrected chi connectivity index (χ4v) is 4.54. The second-order valence-corrected chi connectivity index (χ2v) is 10.3. The number of benzene rings is 1. The topological polar surface area (TPSA) is 65.7 Å². The highest BCUT2D eigenvalue weighted by atomic mass is 35.5. The van der Waals surface area contributed by atoms with E-state index in [0.29, 0.717) is 22.2 Å². The van der Waals surface area contributed by atoms with Gasteiger partial charge in [-0.2, -0.15) is 5.10 Å². The number of esters is 1. The van der Waals surface area contributed by atoms with Crippen LogP contribution >= 0.6 is 11.6 Å². The lowest BCUT2D eigenvalue weighted by molar-refractivity contribution is -0.157. The third kappa shape index (κ3) is 6.09. The number of halogens is 1. The molecule has 0 unspecified atom stereocenters. The molecule has 0 atom stereocenters. The summed E-state index contributed by atoms with van der Waals surface area (Å²) in [4.78, 5) is 16.8. The Labute approximate surface area is 208 Å². The summed E-state index contributed by atoms with van der Waals surface area (Å²) in [7, 11) is 3.52. The Morgan fingerprint density at radius 2 is 1.82 bits per heavy atom. The van der Waals surface area contributed by atoms with E-state index in [1.165, 1.54) is 12.0 Å². The molecule has 3 rings (SSSR count). The van der Waals surface area contributed by atoms with E-state index in [1.807, 2.05) is 26.1 Å². The van der Waals surface area contributed by atoms with Crippen LogP contribution in [0.5, 0.6) is 0 Å². The SMILES string of the molecule is C/N=C\C(=C(\OCOC(=O)C1CCCCC1)c1c(Cl)c(C)nn1C)c1ccc(C(C)(C)C)cc1. The maximum atomic E-state index is 12.6. The van der Waals surface area contributed by atoms with Gasteiger partial charge in [0.1, 0.15) is 5.69 Å². The minimum absolute atomic E-state index is 0.0381. The number of hydrogen-bond acceptors (Lipinski definition) is 5. The third-order valence-corrected chi connectivity index (χ3v) is 6.72. The molecule has 7 heteroatoms. The van der Waals surface area contributed by atoms with Crippen molar-refractivity contribution in [3.05, 3.63) is 51.8 Å². The quantitative estimate of drug-likeness (QED) is 0.198. The lowest BCUT2D eigenvalue weighted by Gasteiger charge is -2.21. The van der Waals surface area contributed by atoms with Gasteiger partial charge in [-0.15, -0.1) is 0 Å². The molecule has 0 amide bonds. The van der Waals surface area contributed by atoms with Gasteiger partial charge in [-0.05, 0) is 36.3 Å². The summed E-state index contributed by atoms with van der Waals surface area (Å²) in [5.74, 6) is 0.221. The fraction of sp³-hybridized carbons (Fsp3) is 0.519. The Morgan fingerprint density at radius 3 is 2.35 bits per heavy atom. The fourth-order valence-electron chi connectivity index (χ4n) is 4.30. The first-order valence-corrected chi connectivity index (χ1v) is 12.3. The van der Waals surface area contributed by atoms with E-state index in [0.717, 1.165) is 36.8 Å². The molecule has 34 heavy (non-hydrogen) atoms. The van der Waals surface area contributed by atoms with Crippen LogP contribution in [0.4, 0.5) is 0 Å². The highest BCUT2D eigenvalue weighted by molar-refractivity contribution is 6.33. The minimum atomic E-state index is -0.202. The summed E-state index contributed by atoms with van der Waals surface area (Å²) >= 11 is 6.64. The largest absolute Gasteiger partial charge is 0.454 e. The van der Waals surface area contributed by atoms with Gasteiger partial charge >= 0.3 is 5.97 Å². The Hall–Kier alpha value is -2.60. The highest BCUT2D eigenvalue weighted by Crippen LogP contribution is 2.34. The van der Waals surface area contributed by atoms with Gasteiger partial charge in [-0.25, -0.2) is 0 Å². The summed E-state index contributed by atoms with van der Waals surface area (Å²) < 4.78 is 13.4. The van der Waals surface area contributed by atoms with Crippen LogP contribution in [-0.4, -0.2) is 35.8 Å². The molecule has 184 valence electrons. The molecule has 1 heterocycles. The van der Waals surface area contributed by atoms with Crippen molar-refractivity contribution in [1.29, 1.82) is 0 Å². The zero-order valence-electron chi connectivity index (χ0n) is 21.2. The molecule has 1 aromatic carbocycles. The summed E-state index contributed by atoms with van der Waals surface area (Å²) in [5, 5.41) is 4.94. The second-order valence-electron chi connectivity index (χ2n) is 9.89. The molecule has 1 saturated carbocycles. The normalized spacial score (nSPS) is 16.0. The predicted octanol–water partition coefficient (Wildman–Crippen LogP) is 6.35. The molecule has 1 aromatic heterocycles. The van der Waals surface area contributed by atoms with Crippen molar-refractivity contribution in [2.45, 2.75) is 65.2 Å². The third-order valence-electron chi connectivity index (χ3n) is 6.27. The minimum Gasteiger partial charge on any atom is -0.454 e. The number of carbonyl (C=O) groups excluding carboxylic acids is 1. The number of nitrogens with zero attached hydrogens (tertiary/aromatic N) is 3. The Balaban J connectivity index is 1.98. The van der Waals surface area contributed by atoms with Crippen LogP contribution in [0.3, 0.4) is 0 Å². The molecular formula is C27H36ClN3O3. The Morgan fingerprint density at radius 1 is 1.18 bits per heavy atom. The summed E-state index contributed by atoms with van der Waals surface area (Å²) in [5.41, 5.74) is 4.22. The Bertz CT molecular complexity index is 1060. The van der Waals surface area contributed by atoms with E-state index in [1.54, 1.807) is 17.9 Å². The van der Waals surface area contributed by atoms with Crippen molar-refractivity contribution >= 4 is 35.1 Å². The number of hydrogen-bond donors (Lipinski definition) is 0. The molecule has 2 aromatic rings. The van der Waals surface area contributed by atoms with Crippen molar-refractivity contribution in [3.8, 4) is 0 Å². The smallest absolute Gasteiger partial charge is 0.311 e. The lowest BCUT2D eigenvalue weighted by Crippen LogP contribution is -2.21. The van der Waals surface area contributed by atoms with Crippen LogP contribution in [-0.2, 0) is 26.7 Å². The summed E-state index contributed by atoms with van der Waals surface area (Å²) in [6.45, 7) is 8.18. The molecule has 6 nitrogen and oxygen atoms in total. The van der Waals surface area contributed by atoms with Crippen LogP contribution in [0, 0.1) is 12.8 Å². The average molecular weight is 486 g/mol. The van der Waals surface area contributed by atoms with Gasteiger partial charge < -0.3 is 9.47 Å². The van der Waals surface area contributed by atoms with Crippen molar-refractivity contribution in [1.82, 2.24) is 9.78 Å². The van der Waals surface area contributed by atoms with Crippen LogP contribution in [0.2, 0.25) is 5.02 Å². The van der Waals surface area contributed by atoms with Crippen molar-refractivity contribution in [2.75, 3.05) is 13.8 Å². The number of allylic oxidation sites excluding steroid dienone is 1. The van der Waals surface area contributed by atoms with Crippen molar-refractivity contribution in [3.63, 3.8) is 0 Å². The molecule has 0 radical (unpaired) electrons. The predicted molar refractivity (Wildman–Crippen MR) is 138 cm³/mol. The first-order chi connectivity index (χ1) is 16.1. The zero-order chi connectivity index (χ0) is 24.9. The molecule has 0 spiro atoms. The van der Waals surface area contributed by atoms with Gasteiger partial charge in [0.25, 0.3) is 0 Å². The lowest BCUT2D eigenvalue weighted by atomic mass is 9.86. The van der Waals surface area contributed by atoms with E-state index in [2.05, 4.69) is 43.0 Å². The molecule has 0 aliphatic heterocycles. The molecule has 1 fully saturated rings. The van der Waals surface area contributed by atoms with Crippen LogP contribution in [0.15, 0.2) is 29.3 Å². The van der Waals surface area contributed by atoms with Gasteiger partial charge in [-0.3, -0.25) is 14.5 Å². The number of aromatic nitrogens is 2. The molecule has 1 aliphatic carbocycles. The molecule has 0 N–H and O–H groups in total. The van der Waals surface area contributed by atoms with Crippen molar-refractivity contribution in [2.24, 2.45) is 18.0 Å². The van der Waals surface area contributed by atoms with Gasteiger partial charge in [-0.1, -0.05) is 75.9 Å². The van der Waals surface area contributed by atoms with Crippen LogP contribution in [0.25, 0.3) is 11.3 Å². The maximum Gasteiger partial charge on any atom is 0.311 e. The number of carbonyl (C=O) groups is 1. The molecular weight excluding hydrogens is 450 g/mol. The monoisotopic (exact) mass is 485 g/mol. The molecule has 0 bridgehead atoms. The zero-order valence-corrected chi connectivity index (χ0v) is 21.9. The number of aryl methyl sites for hydroxylation is 2. The van der Waals surface area contributed by atoms with E-state index in [-0.39, 0.29) is 24.1 Å². The van der Waals surface area contributed by atoms with Crippen LogP contribution < -0.4 is 0 Å². The van der Waals surface area contributed by atoms with Gasteiger partial charge in [0.2, 0.25) is 6.79 Å².